The molecule has 2 N–H and O–H groups in total. The molecule has 2 aromatic rings. The fraction of sp³-hybridized carbons (Fsp3) is 0.316. The van der Waals surface area contributed by atoms with Crippen LogP contribution in [0.5, 0.6) is 0 Å². The molecule has 130 valence electrons. The summed E-state index contributed by atoms with van der Waals surface area (Å²) in [5.74, 6) is 0.812. The van der Waals surface area contributed by atoms with E-state index in [1.807, 2.05) is 29.2 Å². The maximum Gasteiger partial charge on any atom is 0.227 e. The Bertz CT molecular complexity index is 758. The van der Waals surface area contributed by atoms with E-state index in [9.17, 15) is 10.1 Å². The monoisotopic (exact) mass is 337 g/mol. The molecule has 1 aromatic carbocycles. The molecule has 3 rings (SSSR count). The molecule has 6 heteroatoms. The van der Waals surface area contributed by atoms with Crippen LogP contribution in [0.25, 0.3) is 0 Å². The van der Waals surface area contributed by atoms with Crippen molar-refractivity contribution in [3.05, 3.63) is 53.7 Å². The van der Waals surface area contributed by atoms with Gasteiger partial charge in [-0.15, -0.1) is 0 Å². The van der Waals surface area contributed by atoms with E-state index in [0.29, 0.717) is 49.7 Å². The average molecular weight is 337 g/mol. The van der Waals surface area contributed by atoms with Crippen LogP contribution in [0.2, 0.25) is 0 Å². The number of nitrogens with two attached hydrogens (primary N) is 1. The number of nitriles is 1. The van der Waals surface area contributed by atoms with E-state index >= 15 is 0 Å². The highest BCUT2D eigenvalue weighted by molar-refractivity contribution is 5.79. The predicted molar refractivity (Wildman–Crippen MR) is 99.0 cm³/mol. The molecule has 1 aliphatic heterocycles. The van der Waals surface area contributed by atoms with E-state index in [1.165, 1.54) is 0 Å². The summed E-state index contributed by atoms with van der Waals surface area (Å²) in [6.45, 7) is 2.63. The summed E-state index contributed by atoms with van der Waals surface area (Å²) >= 11 is 0. The van der Waals surface area contributed by atoms with Crippen LogP contribution in [0, 0.1) is 11.3 Å². The summed E-state index contributed by atoms with van der Waals surface area (Å²) in [6.07, 6.45) is 2.07. The molecule has 0 radical (unpaired) electrons. The number of aromatic nitrogens is 1. The van der Waals surface area contributed by atoms with E-state index < -0.39 is 0 Å². The molecule has 0 unspecified atom stereocenters. The average Bonchev–Trinajstić information content (AvgIpc) is 2.63. The van der Waals surface area contributed by atoms with E-state index in [0.717, 1.165) is 5.56 Å². The maximum atomic E-state index is 12.4. The number of anilines is 2. The number of hydrogen-bond donors (Lipinski definition) is 1. The van der Waals surface area contributed by atoms with Gasteiger partial charge in [-0.05, 0) is 29.8 Å². The zero-order valence-corrected chi connectivity index (χ0v) is 13.4. The van der Waals surface area contributed by atoms with Gasteiger partial charge in [-0.3, -0.25) is 4.79 Å². The summed E-state index contributed by atoms with van der Waals surface area (Å²) < 4.78 is 0. The first-order chi connectivity index (χ1) is 11.7. The van der Waals surface area contributed by atoms with Crippen molar-refractivity contribution in [2.75, 3.05) is 36.8 Å². The molecule has 0 aliphatic carbocycles. The fourth-order valence-corrected chi connectivity index (χ4v) is 2.83. The Kier molecular flexibility index (Phi) is 5.96. The van der Waals surface area contributed by atoms with Gasteiger partial charge in [0.25, 0.3) is 0 Å². The molecular weight excluding hydrogens is 314 g/mol. The van der Waals surface area contributed by atoms with Crippen LogP contribution in [-0.2, 0) is 11.2 Å². The highest BCUT2D eigenvalue weighted by Crippen LogP contribution is 2.18. The number of rotatable bonds is 3. The lowest BCUT2D eigenvalue weighted by Gasteiger charge is -2.35. The SMILES string of the molecule is C.N#Cc1cccnc1N1CCN(C(=O)Cc2ccc(N)cc2)CC1. The Morgan fingerprint density at radius 3 is 2.48 bits per heavy atom. The van der Waals surface area contributed by atoms with Gasteiger partial charge >= 0.3 is 0 Å². The Morgan fingerprint density at radius 1 is 1.16 bits per heavy atom. The van der Waals surface area contributed by atoms with Crippen LogP contribution in [-0.4, -0.2) is 42.0 Å². The van der Waals surface area contributed by atoms with Gasteiger partial charge in [0.15, 0.2) is 0 Å². The molecule has 1 amide bonds. The zero-order chi connectivity index (χ0) is 16.9. The molecule has 0 spiro atoms. The topological polar surface area (TPSA) is 86.2 Å². The third kappa shape index (κ3) is 4.27. The van der Waals surface area contributed by atoms with Crippen LogP contribution < -0.4 is 10.6 Å². The van der Waals surface area contributed by atoms with Crippen molar-refractivity contribution in [2.45, 2.75) is 13.8 Å². The van der Waals surface area contributed by atoms with E-state index in [-0.39, 0.29) is 13.3 Å². The quantitative estimate of drug-likeness (QED) is 0.867. The first kappa shape index (κ1) is 18.3. The highest BCUT2D eigenvalue weighted by Gasteiger charge is 2.23. The number of nitrogen functional groups attached to an aromatic ring is 1. The van der Waals surface area contributed by atoms with Crippen molar-refractivity contribution >= 4 is 17.4 Å². The molecular formula is C19H23N5O. The molecule has 1 saturated heterocycles. The normalized spacial score (nSPS) is 13.7. The molecule has 1 aromatic heterocycles. The molecule has 1 fully saturated rings. The summed E-state index contributed by atoms with van der Waals surface area (Å²) in [5, 5.41) is 9.18. The summed E-state index contributed by atoms with van der Waals surface area (Å²) in [6, 6.07) is 13.1. The number of nitrogens with zero attached hydrogens (tertiary/aromatic N) is 4. The Balaban J connectivity index is 0.00000225. The first-order valence-corrected chi connectivity index (χ1v) is 7.89. The number of benzene rings is 1. The highest BCUT2D eigenvalue weighted by atomic mass is 16.2. The first-order valence-electron chi connectivity index (χ1n) is 7.89. The summed E-state index contributed by atoms with van der Waals surface area (Å²) in [4.78, 5) is 20.7. The molecule has 0 bridgehead atoms. The van der Waals surface area contributed by atoms with Crippen molar-refractivity contribution in [1.82, 2.24) is 9.88 Å². The number of piperazine rings is 1. The van der Waals surface area contributed by atoms with Crippen LogP contribution in [0.4, 0.5) is 11.5 Å². The number of amides is 1. The minimum absolute atomic E-state index is 0. The van der Waals surface area contributed by atoms with Crippen LogP contribution in [0.1, 0.15) is 18.6 Å². The van der Waals surface area contributed by atoms with Crippen molar-refractivity contribution in [3.63, 3.8) is 0 Å². The Labute approximate surface area is 148 Å². The summed E-state index contributed by atoms with van der Waals surface area (Å²) in [7, 11) is 0. The van der Waals surface area contributed by atoms with E-state index in [4.69, 9.17) is 5.73 Å². The minimum Gasteiger partial charge on any atom is -0.399 e. The third-order valence-corrected chi connectivity index (χ3v) is 4.17. The lowest BCUT2D eigenvalue weighted by Crippen LogP contribution is -2.49. The lowest BCUT2D eigenvalue weighted by atomic mass is 10.1. The molecule has 25 heavy (non-hydrogen) atoms. The third-order valence-electron chi connectivity index (χ3n) is 4.17. The minimum atomic E-state index is 0. The van der Waals surface area contributed by atoms with Crippen LogP contribution in [0.3, 0.4) is 0 Å². The Hall–Kier alpha value is -3.07. The number of hydrogen-bond acceptors (Lipinski definition) is 5. The number of pyridine rings is 1. The van der Waals surface area contributed by atoms with Gasteiger partial charge in [0.1, 0.15) is 11.9 Å². The standard InChI is InChI=1S/C18H19N5O.CH4/c19-13-15-2-1-7-21-18(15)23-10-8-22(9-11-23)17(24)12-14-3-5-16(20)6-4-14;/h1-7H,8-12,20H2;1H4. The van der Waals surface area contributed by atoms with Crippen molar-refractivity contribution < 1.29 is 4.79 Å². The maximum absolute atomic E-state index is 12.4. The Morgan fingerprint density at radius 2 is 1.84 bits per heavy atom. The smallest absolute Gasteiger partial charge is 0.227 e. The van der Waals surface area contributed by atoms with Gasteiger partial charge in [-0.25, -0.2) is 4.98 Å². The second-order valence-corrected chi connectivity index (χ2v) is 5.77. The second-order valence-electron chi connectivity index (χ2n) is 5.77. The van der Waals surface area contributed by atoms with Gasteiger partial charge in [-0.2, -0.15) is 5.26 Å². The van der Waals surface area contributed by atoms with Gasteiger partial charge in [0, 0.05) is 38.1 Å². The van der Waals surface area contributed by atoms with E-state index in [2.05, 4.69) is 16.0 Å². The number of carbonyl (C=O) groups excluding carboxylic acids is 1. The second kappa shape index (κ2) is 8.15. The number of carbonyl (C=O) groups is 1. The fourth-order valence-electron chi connectivity index (χ4n) is 2.83. The largest absolute Gasteiger partial charge is 0.399 e. The van der Waals surface area contributed by atoms with Crippen molar-refractivity contribution in [3.8, 4) is 6.07 Å². The van der Waals surface area contributed by atoms with Gasteiger partial charge in [0.2, 0.25) is 5.91 Å². The van der Waals surface area contributed by atoms with Crippen LogP contribution in [0.15, 0.2) is 42.6 Å². The van der Waals surface area contributed by atoms with Gasteiger partial charge < -0.3 is 15.5 Å². The molecule has 6 nitrogen and oxygen atoms in total. The lowest BCUT2D eigenvalue weighted by molar-refractivity contribution is -0.130. The van der Waals surface area contributed by atoms with Crippen molar-refractivity contribution in [2.24, 2.45) is 0 Å². The van der Waals surface area contributed by atoms with Crippen molar-refractivity contribution in [1.29, 1.82) is 5.26 Å². The zero-order valence-electron chi connectivity index (χ0n) is 13.4. The van der Waals surface area contributed by atoms with Crippen LogP contribution >= 0.6 is 0 Å². The van der Waals surface area contributed by atoms with Gasteiger partial charge in [0.05, 0.1) is 12.0 Å². The molecule has 0 atom stereocenters. The molecule has 0 saturated carbocycles. The summed E-state index contributed by atoms with van der Waals surface area (Å²) in [5.41, 5.74) is 7.90. The predicted octanol–water partition coefficient (Wildman–Crippen LogP) is 2.06. The molecule has 2 heterocycles. The van der Waals surface area contributed by atoms with Gasteiger partial charge in [-0.1, -0.05) is 19.6 Å². The molecule has 1 aliphatic rings. The van der Waals surface area contributed by atoms with E-state index in [1.54, 1.807) is 18.3 Å².